The topological polar surface area (TPSA) is 88.8 Å². The number of carbonyl (C=O) groups excluding carboxylic acids is 1. The van der Waals surface area contributed by atoms with Crippen LogP contribution >= 0.6 is 11.8 Å². The number of sulfonamides is 1. The number of ether oxygens (including phenoxy) is 1. The van der Waals surface area contributed by atoms with Gasteiger partial charge < -0.3 is 14.5 Å². The Morgan fingerprint density at radius 1 is 1.09 bits per heavy atom. The third-order valence-electron chi connectivity index (χ3n) is 4.64. The first kappa shape index (κ1) is 23.7. The first-order chi connectivity index (χ1) is 15.4. The van der Waals surface area contributed by atoms with Gasteiger partial charge in [-0.3, -0.25) is 9.10 Å². The van der Waals surface area contributed by atoms with Crippen molar-refractivity contribution in [1.82, 2.24) is 5.32 Å². The van der Waals surface area contributed by atoms with Gasteiger partial charge in [-0.25, -0.2) is 8.42 Å². The average Bonchev–Trinajstić information content (AvgIpc) is 3.31. The molecule has 0 aliphatic carbocycles. The summed E-state index contributed by atoms with van der Waals surface area (Å²) in [6, 6.07) is 17.0. The number of thioether (sulfide) groups is 1. The number of methoxy groups -OCH3 is 1. The Hall–Kier alpha value is -2.91. The maximum Gasteiger partial charge on any atom is 0.264 e. The van der Waals surface area contributed by atoms with Crippen LogP contribution in [-0.2, 0) is 20.6 Å². The van der Waals surface area contributed by atoms with Crippen LogP contribution in [0.3, 0.4) is 0 Å². The summed E-state index contributed by atoms with van der Waals surface area (Å²) >= 11 is 1.62. The third kappa shape index (κ3) is 6.08. The van der Waals surface area contributed by atoms with Gasteiger partial charge in [0.05, 0.1) is 29.7 Å². The molecule has 3 rings (SSSR count). The van der Waals surface area contributed by atoms with Gasteiger partial charge in [0.15, 0.2) is 0 Å². The second-order valence-corrected chi connectivity index (χ2v) is 9.95. The SMILES string of the molecule is COc1ccccc1N(CC(=O)NCCSCc1ccco1)S(=O)(=O)c1ccc(C)cc1. The number of hydrogen-bond acceptors (Lipinski definition) is 6. The van der Waals surface area contributed by atoms with E-state index in [4.69, 9.17) is 9.15 Å². The van der Waals surface area contributed by atoms with Crippen molar-refractivity contribution in [2.45, 2.75) is 17.6 Å². The molecule has 0 fully saturated rings. The quantitative estimate of drug-likeness (QED) is 0.425. The highest BCUT2D eigenvalue weighted by atomic mass is 32.2. The number of amides is 1. The molecule has 9 heteroatoms. The number of rotatable bonds is 11. The van der Waals surface area contributed by atoms with E-state index < -0.39 is 15.9 Å². The molecular formula is C23H26N2O5S2. The van der Waals surface area contributed by atoms with E-state index in [1.165, 1.54) is 19.2 Å². The molecule has 0 spiro atoms. The predicted octanol–water partition coefficient (Wildman–Crippen LogP) is 3.84. The summed E-state index contributed by atoms with van der Waals surface area (Å²) in [6.45, 7) is 1.93. The molecule has 1 N–H and O–H groups in total. The maximum absolute atomic E-state index is 13.4. The minimum absolute atomic E-state index is 0.107. The largest absolute Gasteiger partial charge is 0.495 e. The van der Waals surface area contributed by atoms with Crippen molar-refractivity contribution in [3.05, 3.63) is 78.3 Å². The van der Waals surface area contributed by atoms with Crippen LogP contribution in [0.4, 0.5) is 5.69 Å². The zero-order chi connectivity index (χ0) is 23.0. The second kappa shape index (κ2) is 11.1. The van der Waals surface area contributed by atoms with Gasteiger partial charge in [0, 0.05) is 12.3 Å². The lowest BCUT2D eigenvalue weighted by Crippen LogP contribution is -2.41. The molecule has 7 nitrogen and oxygen atoms in total. The van der Waals surface area contributed by atoms with Crippen molar-refractivity contribution < 1.29 is 22.4 Å². The standard InChI is InChI=1S/C23H26N2O5S2/c1-18-9-11-20(12-10-18)32(27,28)25(21-7-3-4-8-22(21)29-2)16-23(26)24-13-15-31-17-19-6-5-14-30-19/h3-12,14H,13,15-17H2,1-2H3,(H,24,26). The van der Waals surface area contributed by atoms with E-state index in [0.717, 1.165) is 15.6 Å². The van der Waals surface area contributed by atoms with E-state index in [2.05, 4.69) is 5.32 Å². The molecule has 0 saturated heterocycles. The number of furan rings is 1. The number of nitrogens with one attached hydrogen (secondary N) is 1. The Kier molecular flexibility index (Phi) is 8.24. The number of nitrogens with zero attached hydrogens (tertiary/aromatic N) is 1. The van der Waals surface area contributed by atoms with Crippen LogP contribution in [0.2, 0.25) is 0 Å². The lowest BCUT2D eigenvalue weighted by molar-refractivity contribution is -0.119. The van der Waals surface area contributed by atoms with Crippen LogP contribution in [0, 0.1) is 6.92 Å². The van der Waals surface area contributed by atoms with Crippen molar-refractivity contribution in [2.24, 2.45) is 0 Å². The summed E-state index contributed by atoms with van der Waals surface area (Å²) in [4.78, 5) is 12.8. The molecule has 0 unspecified atom stereocenters. The summed E-state index contributed by atoms with van der Waals surface area (Å²) in [5.74, 6) is 2.21. The normalized spacial score (nSPS) is 11.2. The highest BCUT2D eigenvalue weighted by Gasteiger charge is 2.29. The van der Waals surface area contributed by atoms with E-state index in [0.29, 0.717) is 29.5 Å². The molecule has 1 heterocycles. The Morgan fingerprint density at radius 2 is 1.84 bits per heavy atom. The van der Waals surface area contributed by atoms with Crippen molar-refractivity contribution in [2.75, 3.05) is 30.3 Å². The van der Waals surface area contributed by atoms with Gasteiger partial charge in [-0.05, 0) is 43.3 Å². The third-order valence-corrected chi connectivity index (χ3v) is 7.40. The van der Waals surface area contributed by atoms with Gasteiger partial charge >= 0.3 is 0 Å². The Balaban J connectivity index is 1.72. The number of aryl methyl sites for hydroxylation is 1. The average molecular weight is 475 g/mol. The fraction of sp³-hybridized carbons (Fsp3) is 0.261. The van der Waals surface area contributed by atoms with Crippen LogP contribution < -0.4 is 14.4 Å². The van der Waals surface area contributed by atoms with E-state index in [1.807, 2.05) is 19.1 Å². The van der Waals surface area contributed by atoms with Crippen LogP contribution in [-0.4, -0.2) is 40.3 Å². The van der Waals surface area contributed by atoms with Crippen LogP contribution in [0.1, 0.15) is 11.3 Å². The van der Waals surface area contributed by atoms with Crippen LogP contribution in [0.15, 0.2) is 76.2 Å². The predicted molar refractivity (Wildman–Crippen MR) is 127 cm³/mol. The first-order valence-corrected chi connectivity index (χ1v) is 12.6. The summed E-state index contributed by atoms with van der Waals surface area (Å²) < 4.78 is 38.6. The van der Waals surface area contributed by atoms with Crippen LogP contribution in [0.5, 0.6) is 5.75 Å². The first-order valence-electron chi connectivity index (χ1n) is 10.0. The number of hydrogen-bond donors (Lipinski definition) is 1. The Morgan fingerprint density at radius 3 is 2.53 bits per heavy atom. The smallest absolute Gasteiger partial charge is 0.264 e. The number of carbonyl (C=O) groups is 1. The van der Waals surface area contributed by atoms with Gasteiger partial charge in [-0.2, -0.15) is 11.8 Å². The van der Waals surface area contributed by atoms with Crippen molar-refractivity contribution in [3.63, 3.8) is 0 Å². The molecule has 32 heavy (non-hydrogen) atoms. The summed E-state index contributed by atoms with van der Waals surface area (Å²) in [6.07, 6.45) is 1.62. The molecule has 0 aliphatic rings. The van der Waals surface area contributed by atoms with Gasteiger partial charge in [0.1, 0.15) is 18.1 Å². The molecule has 0 aliphatic heterocycles. The van der Waals surface area contributed by atoms with Crippen molar-refractivity contribution in [3.8, 4) is 5.75 Å². The molecule has 0 radical (unpaired) electrons. The molecule has 0 saturated carbocycles. The fourth-order valence-electron chi connectivity index (χ4n) is 2.99. The molecule has 1 amide bonds. The minimum Gasteiger partial charge on any atom is -0.495 e. The molecule has 3 aromatic rings. The van der Waals surface area contributed by atoms with E-state index >= 15 is 0 Å². The maximum atomic E-state index is 13.4. The van der Waals surface area contributed by atoms with Crippen LogP contribution in [0.25, 0.3) is 0 Å². The minimum atomic E-state index is -3.99. The van der Waals surface area contributed by atoms with E-state index in [1.54, 1.807) is 54.4 Å². The van der Waals surface area contributed by atoms with Gasteiger partial charge in [0.25, 0.3) is 10.0 Å². The molecular weight excluding hydrogens is 448 g/mol. The van der Waals surface area contributed by atoms with E-state index in [-0.39, 0.29) is 11.4 Å². The van der Waals surface area contributed by atoms with E-state index in [9.17, 15) is 13.2 Å². The highest BCUT2D eigenvalue weighted by molar-refractivity contribution is 7.98. The summed E-state index contributed by atoms with van der Waals surface area (Å²) in [7, 11) is -2.52. The number of benzene rings is 2. The van der Waals surface area contributed by atoms with Gasteiger partial charge in [0.2, 0.25) is 5.91 Å². The second-order valence-electron chi connectivity index (χ2n) is 6.98. The summed E-state index contributed by atoms with van der Waals surface area (Å²) in [5, 5.41) is 2.80. The number of para-hydroxylation sites is 2. The van der Waals surface area contributed by atoms with Crippen molar-refractivity contribution >= 4 is 33.4 Å². The monoisotopic (exact) mass is 474 g/mol. The highest BCUT2D eigenvalue weighted by Crippen LogP contribution is 2.32. The fourth-order valence-corrected chi connectivity index (χ4v) is 5.18. The molecule has 2 aromatic carbocycles. The molecule has 170 valence electrons. The summed E-state index contributed by atoms with van der Waals surface area (Å²) in [5.41, 5.74) is 1.25. The van der Waals surface area contributed by atoms with Gasteiger partial charge in [-0.1, -0.05) is 29.8 Å². The Bertz CT molecular complexity index is 1110. The Labute approximate surface area is 192 Å². The molecule has 0 atom stereocenters. The zero-order valence-electron chi connectivity index (χ0n) is 18.0. The van der Waals surface area contributed by atoms with Crippen molar-refractivity contribution in [1.29, 1.82) is 0 Å². The zero-order valence-corrected chi connectivity index (χ0v) is 19.6. The lowest BCUT2D eigenvalue weighted by Gasteiger charge is -2.25. The number of anilines is 1. The lowest BCUT2D eigenvalue weighted by atomic mass is 10.2. The molecule has 1 aromatic heterocycles. The molecule has 0 bridgehead atoms. The van der Waals surface area contributed by atoms with Gasteiger partial charge in [-0.15, -0.1) is 0 Å².